The Hall–Kier alpha value is 0. The molecule has 0 aliphatic heterocycles. The molecule has 0 N–H and O–H groups in total. The van der Waals surface area contributed by atoms with Crippen LogP contribution >= 0.6 is 0 Å². The van der Waals surface area contributed by atoms with E-state index < -0.39 is 0 Å². The SMILES string of the molecule is C.CC(C)C(C(C)C)C1CC1.CC(C)C(C)C(C)C. The molecule has 0 amide bonds. The van der Waals surface area contributed by atoms with Crippen LogP contribution in [0.1, 0.15) is 82.6 Å². The Balaban J connectivity index is 0. The average Bonchev–Trinajstić information content (AvgIpc) is 3.00. The summed E-state index contributed by atoms with van der Waals surface area (Å²) < 4.78 is 0. The molecular weight excluding hydrogens is 228 g/mol. The largest absolute Gasteiger partial charge is 0.0776 e. The maximum Gasteiger partial charge on any atom is -0.0340 e. The van der Waals surface area contributed by atoms with Crippen molar-refractivity contribution in [3.63, 3.8) is 0 Å². The molecule has 0 aromatic heterocycles. The van der Waals surface area contributed by atoms with E-state index in [0.717, 1.165) is 41.4 Å². The summed E-state index contributed by atoms with van der Waals surface area (Å²) in [4.78, 5) is 0. The molecule has 0 aromatic rings. The highest BCUT2D eigenvalue weighted by Gasteiger charge is 2.34. The van der Waals surface area contributed by atoms with E-state index in [-0.39, 0.29) is 7.43 Å². The van der Waals surface area contributed by atoms with Crippen molar-refractivity contribution in [1.29, 1.82) is 0 Å². The van der Waals surface area contributed by atoms with Gasteiger partial charge in [-0.2, -0.15) is 0 Å². The predicted octanol–water partition coefficient (Wildman–Crippen LogP) is 6.90. The third kappa shape index (κ3) is 8.71. The van der Waals surface area contributed by atoms with Crippen molar-refractivity contribution < 1.29 is 0 Å². The quantitative estimate of drug-likeness (QED) is 0.510. The Kier molecular flexibility index (Phi) is 11.0. The zero-order chi connectivity index (χ0) is 14.5. The summed E-state index contributed by atoms with van der Waals surface area (Å²) in [7, 11) is 0. The van der Waals surface area contributed by atoms with Gasteiger partial charge in [-0.1, -0.05) is 69.7 Å². The van der Waals surface area contributed by atoms with Gasteiger partial charge in [0.05, 0.1) is 0 Å². The van der Waals surface area contributed by atoms with Crippen LogP contribution in [0.2, 0.25) is 0 Å². The third-order valence-corrected chi connectivity index (χ3v) is 4.81. The number of hydrogen-bond donors (Lipinski definition) is 0. The first-order valence-electron chi connectivity index (χ1n) is 8.18. The fourth-order valence-electron chi connectivity index (χ4n) is 3.11. The molecule has 1 aliphatic rings. The highest BCUT2D eigenvalue weighted by atomic mass is 14.4. The van der Waals surface area contributed by atoms with Crippen LogP contribution in [0.4, 0.5) is 0 Å². The number of hydrogen-bond acceptors (Lipinski definition) is 0. The molecule has 1 aliphatic carbocycles. The van der Waals surface area contributed by atoms with E-state index in [2.05, 4.69) is 62.3 Å². The topological polar surface area (TPSA) is 0 Å². The fourth-order valence-corrected chi connectivity index (χ4v) is 3.11. The Morgan fingerprint density at radius 3 is 0.947 bits per heavy atom. The Bertz CT molecular complexity index is 177. The van der Waals surface area contributed by atoms with Crippen LogP contribution in [-0.2, 0) is 0 Å². The zero-order valence-corrected chi connectivity index (χ0v) is 14.5. The third-order valence-electron chi connectivity index (χ3n) is 4.81. The van der Waals surface area contributed by atoms with Gasteiger partial charge in [-0.05, 0) is 54.3 Å². The van der Waals surface area contributed by atoms with Gasteiger partial charge in [-0.15, -0.1) is 0 Å². The second-order valence-corrected chi connectivity index (χ2v) is 7.75. The number of rotatable bonds is 5. The van der Waals surface area contributed by atoms with Gasteiger partial charge in [-0.3, -0.25) is 0 Å². The second-order valence-electron chi connectivity index (χ2n) is 7.75. The highest BCUT2D eigenvalue weighted by Crippen LogP contribution is 2.43. The van der Waals surface area contributed by atoms with Gasteiger partial charge in [0, 0.05) is 0 Å². The zero-order valence-electron chi connectivity index (χ0n) is 14.5. The summed E-state index contributed by atoms with van der Waals surface area (Å²) in [6, 6.07) is 0. The van der Waals surface area contributed by atoms with Crippen molar-refractivity contribution in [2.45, 2.75) is 82.6 Å². The lowest BCUT2D eigenvalue weighted by atomic mass is 9.82. The molecule has 0 aromatic carbocycles. The van der Waals surface area contributed by atoms with E-state index in [0.29, 0.717) is 0 Å². The van der Waals surface area contributed by atoms with Gasteiger partial charge in [0.2, 0.25) is 0 Å². The minimum Gasteiger partial charge on any atom is -0.0776 e. The van der Waals surface area contributed by atoms with Crippen molar-refractivity contribution in [3.05, 3.63) is 0 Å². The first kappa shape index (κ1) is 21.3. The molecule has 0 unspecified atom stereocenters. The van der Waals surface area contributed by atoms with Crippen LogP contribution in [0.25, 0.3) is 0 Å². The molecule has 0 atom stereocenters. The molecule has 19 heavy (non-hydrogen) atoms. The van der Waals surface area contributed by atoms with Crippen molar-refractivity contribution in [2.75, 3.05) is 0 Å². The standard InChI is InChI=1S/C10H20.C8H18.CH4/c1-7(2)10(8(3)4)9-5-6-9;1-6(2)8(5)7(3)4;/h7-10H,5-6H2,1-4H3;6-8H,1-5H3;1H4. The van der Waals surface area contributed by atoms with E-state index in [1.807, 2.05) is 0 Å². The van der Waals surface area contributed by atoms with Crippen LogP contribution in [0.3, 0.4) is 0 Å². The van der Waals surface area contributed by atoms with Gasteiger partial charge in [0.25, 0.3) is 0 Å². The van der Waals surface area contributed by atoms with Gasteiger partial charge in [0.1, 0.15) is 0 Å². The normalized spacial score (nSPS) is 15.3. The van der Waals surface area contributed by atoms with Crippen LogP contribution in [0.15, 0.2) is 0 Å². The van der Waals surface area contributed by atoms with Gasteiger partial charge >= 0.3 is 0 Å². The molecule has 1 rings (SSSR count). The summed E-state index contributed by atoms with van der Waals surface area (Å²) in [5.74, 6) is 6.43. The second kappa shape index (κ2) is 9.83. The van der Waals surface area contributed by atoms with Crippen molar-refractivity contribution in [3.8, 4) is 0 Å². The van der Waals surface area contributed by atoms with Crippen molar-refractivity contribution in [1.82, 2.24) is 0 Å². The molecule has 0 radical (unpaired) electrons. The van der Waals surface area contributed by atoms with Crippen molar-refractivity contribution >= 4 is 0 Å². The van der Waals surface area contributed by atoms with E-state index in [1.165, 1.54) is 12.8 Å². The molecular formula is C19H42. The maximum atomic E-state index is 2.36. The average molecular weight is 271 g/mol. The van der Waals surface area contributed by atoms with Gasteiger partial charge in [-0.25, -0.2) is 0 Å². The minimum atomic E-state index is 0. The van der Waals surface area contributed by atoms with Crippen LogP contribution in [0, 0.1) is 41.4 Å². The summed E-state index contributed by atoms with van der Waals surface area (Å²) >= 11 is 0. The Morgan fingerprint density at radius 1 is 0.579 bits per heavy atom. The molecule has 1 saturated carbocycles. The van der Waals surface area contributed by atoms with E-state index in [4.69, 9.17) is 0 Å². The molecule has 0 bridgehead atoms. The lowest BCUT2D eigenvalue weighted by Crippen LogP contribution is -2.17. The van der Waals surface area contributed by atoms with E-state index in [1.54, 1.807) is 0 Å². The summed E-state index contributed by atoms with van der Waals surface area (Å²) in [6.07, 6.45) is 3.00. The molecule has 1 fully saturated rings. The molecule has 0 nitrogen and oxygen atoms in total. The van der Waals surface area contributed by atoms with Crippen LogP contribution < -0.4 is 0 Å². The summed E-state index contributed by atoms with van der Waals surface area (Å²) in [6.45, 7) is 20.9. The van der Waals surface area contributed by atoms with Crippen molar-refractivity contribution in [2.24, 2.45) is 41.4 Å². The minimum absolute atomic E-state index is 0. The Morgan fingerprint density at radius 2 is 0.895 bits per heavy atom. The molecule has 0 spiro atoms. The van der Waals surface area contributed by atoms with Crippen LogP contribution in [-0.4, -0.2) is 0 Å². The first-order chi connectivity index (χ1) is 8.18. The highest BCUT2D eigenvalue weighted by molar-refractivity contribution is 4.84. The maximum absolute atomic E-state index is 2.36. The lowest BCUT2D eigenvalue weighted by molar-refractivity contribution is 0.252. The van der Waals surface area contributed by atoms with Gasteiger partial charge in [0.15, 0.2) is 0 Å². The van der Waals surface area contributed by atoms with Crippen LogP contribution in [0.5, 0.6) is 0 Å². The molecule has 0 saturated heterocycles. The predicted molar refractivity (Wildman–Crippen MR) is 91.5 cm³/mol. The summed E-state index contributed by atoms with van der Waals surface area (Å²) in [5.41, 5.74) is 0. The molecule has 0 heteroatoms. The van der Waals surface area contributed by atoms with E-state index in [9.17, 15) is 0 Å². The molecule has 118 valence electrons. The lowest BCUT2D eigenvalue weighted by Gasteiger charge is -2.24. The first-order valence-corrected chi connectivity index (χ1v) is 8.18. The summed E-state index contributed by atoms with van der Waals surface area (Å²) in [5, 5.41) is 0. The monoisotopic (exact) mass is 270 g/mol. The fraction of sp³-hybridized carbons (Fsp3) is 1.00. The molecule has 0 heterocycles. The van der Waals surface area contributed by atoms with E-state index >= 15 is 0 Å². The van der Waals surface area contributed by atoms with Gasteiger partial charge < -0.3 is 0 Å². The smallest absolute Gasteiger partial charge is 0.0340 e. The Labute approximate surface area is 124 Å².